The molecule has 2 aromatic rings. The van der Waals surface area contributed by atoms with Gasteiger partial charge < -0.3 is 5.32 Å². The van der Waals surface area contributed by atoms with Crippen molar-refractivity contribution in [2.24, 2.45) is 0 Å². The molecule has 0 saturated carbocycles. The highest BCUT2D eigenvalue weighted by atomic mass is 35.5. The molecule has 0 aliphatic heterocycles. The number of nitriles is 1. The molecule has 0 atom stereocenters. The van der Waals surface area contributed by atoms with Crippen LogP contribution in [0.15, 0.2) is 18.6 Å². The number of halogens is 2. The van der Waals surface area contributed by atoms with Gasteiger partial charge in [-0.2, -0.15) is 5.26 Å². The van der Waals surface area contributed by atoms with Gasteiger partial charge in [-0.05, 0) is 6.07 Å². The van der Waals surface area contributed by atoms with Crippen LogP contribution in [0.4, 0.5) is 5.82 Å². The summed E-state index contributed by atoms with van der Waals surface area (Å²) in [5.41, 5.74) is 0. The van der Waals surface area contributed by atoms with E-state index in [1.54, 1.807) is 6.07 Å². The SMILES string of the molecule is N#Cc1ncn(CC(=O)Nc2ncc(Cl)cc2Cl)n1. The molecule has 0 aromatic carbocycles. The molecule has 0 fully saturated rings. The second kappa shape index (κ2) is 5.65. The number of carbonyl (C=O) groups excluding carboxylic acids is 1. The van der Waals surface area contributed by atoms with Crippen molar-refractivity contribution in [3.8, 4) is 6.07 Å². The summed E-state index contributed by atoms with van der Waals surface area (Å²) in [5.74, 6) is -0.196. The fraction of sp³-hybridized carbons (Fsp3) is 0.100. The summed E-state index contributed by atoms with van der Waals surface area (Å²) in [6.45, 7) is -0.102. The number of nitrogens with one attached hydrogen (secondary N) is 1. The predicted octanol–water partition coefficient (Wildman–Crippen LogP) is 1.49. The molecule has 9 heteroatoms. The minimum absolute atomic E-state index is 0.00421. The Labute approximate surface area is 117 Å². The van der Waals surface area contributed by atoms with Crippen LogP contribution in [0.25, 0.3) is 0 Å². The number of anilines is 1. The van der Waals surface area contributed by atoms with Gasteiger partial charge in [0.25, 0.3) is 5.82 Å². The molecule has 0 spiro atoms. The van der Waals surface area contributed by atoms with Crippen molar-refractivity contribution < 1.29 is 4.79 Å². The second-order valence-electron chi connectivity index (χ2n) is 3.41. The Hall–Kier alpha value is -2.17. The van der Waals surface area contributed by atoms with Gasteiger partial charge in [-0.15, -0.1) is 5.10 Å². The smallest absolute Gasteiger partial charge is 0.252 e. The molecule has 2 rings (SSSR count). The monoisotopic (exact) mass is 296 g/mol. The zero-order valence-corrected chi connectivity index (χ0v) is 10.9. The molecule has 0 saturated heterocycles. The van der Waals surface area contributed by atoms with Gasteiger partial charge in [-0.1, -0.05) is 23.2 Å². The Morgan fingerprint density at radius 3 is 2.89 bits per heavy atom. The van der Waals surface area contributed by atoms with E-state index < -0.39 is 5.91 Å². The number of amides is 1. The maximum absolute atomic E-state index is 11.7. The number of hydrogen-bond acceptors (Lipinski definition) is 5. The van der Waals surface area contributed by atoms with Crippen molar-refractivity contribution in [3.05, 3.63) is 34.5 Å². The van der Waals surface area contributed by atoms with E-state index in [0.717, 1.165) is 0 Å². The van der Waals surface area contributed by atoms with Crippen molar-refractivity contribution in [1.82, 2.24) is 19.7 Å². The van der Waals surface area contributed by atoms with Crippen molar-refractivity contribution in [3.63, 3.8) is 0 Å². The molecule has 96 valence electrons. The number of pyridine rings is 1. The van der Waals surface area contributed by atoms with Crippen LogP contribution in [0.1, 0.15) is 5.82 Å². The van der Waals surface area contributed by atoms with Crippen molar-refractivity contribution in [1.29, 1.82) is 5.26 Å². The molecule has 0 radical (unpaired) electrons. The van der Waals surface area contributed by atoms with Crippen LogP contribution < -0.4 is 5.32 Å². The number of hydrogen-bond donors (Lipinski definition) is 1. The van der Waals surface area contributed by atoms with Gasteiger partial charge >= 0.3 is 0 Å². The lowest BCUT2D eigenvalue weighted by Gasteiger charge is -2.05. The first-order valence-corrected chi connectivity index (χ1v) is 5.74. The van der Waals surface area contributed by atoms with Gasteiger partial charge in [0.1, 0.15) is 18.9 Å². The minimum atomic E-state index is -0.397. The molecule has 19 heavy (non-hydrogen) atoms. The summed E-state index contributed by atoms with van der Waals surface area (Å²) in [5, 5.41) is 15.4. The Morgan fingerprint density at radius 2 is 2.26 bits per heavy atom. The van der Waals surface area contributed by atoms with E-state index in [-0.39, 0.29) is 23.2 Å². The van der Waals surface area contributed by atoms with E-state index in [9.17, 15) is 4.79 Å². The van der Waals surface area contributed by atoms with E-state index in [1.807, 2.05) is 0 Å². The number of aromatic nitrogens is 4. The lowest BCUT2D eigenvalue weighted by atomic mass is 10.4. The van der Waals surface area contributed by atoms with Crippen molar-refractivity contribution in [2.75, 3.05) is 5.32 Å². The molecule has 0 bridgehead atoms. The third-order valence-corrected chi connectivity index (χ3v) is 2.50. The normalized spacial score (nSPS) is 9.95. The van der Waals surface area contributed by atoms with Crippen LogP contribution in [-0.4, -0.2) is 25.7 Å². The summed E-state index contributed by atoms with van der Waals surface area (Å²) >= 11 is 11.6. The summed E-state index contributed by atoms with van der Waals surface area (Å²) < 4.78 is 1.23. The zero-order valence-electron chi connectivity index (χ0n) is 9.34. The highest BCUT2D eigenvalue weighted by Crippen LogP contribution is 2.22. The van der Waals surface area contributed by atoms with Crippen LogP contribution in [0.2, 0.25) is 10.0 Å². The third kappa shape index (κ3) is 3.40. The van der Waals surface area contributed by atoms with Crippen LogP contribution in [0.5, 0.6) is 0 Å². The Morgan fingerprint density at radius 1 is 1.47 bits per heavy atom. The topological polar surface area (TPSA) is 96.5 Å². The highest BCUT2D eigenvalue weighted by molar-refractivity contribution is 6.36. The van der Waals surface area contributed by atoms with Gasteiger partial charge in [0.2, 0.25) is 5.91 Å². The second-order valence-corrected chi connectivity index (χ2v) is 4.25. The standard InChI is InChI=1S/C10H6Cl2N6O/c11-6-1-7(12)10(14-3-6)16-9(19)4-18-5-15-8(2-13)17-18/h1,3,5H,4H2,(H,14,16,19). The average Bonchev–Trinajstić information content (AvgIpc) is 2.80. The first-order chi connectivity index (χ1) is 9.08. The van der Waals surface area contributed by atoms with Crippen LogP contribution in [0, 0.1) is 11.3 Å². The van der Waals surface area contributed by atoms with Crippen LogP contribution >= 0.6 is 23.2 Å². The molecular weight excluding hydrogens is 291 g/mol. The van der Waals surface area contributed by atoms with Crippen molar-refractivity contribution >= 4 is 34.9 Å². The van der Waals surface area contributed by atoms with Gasteiger partial charge in [0.15, 0.2) is 5.82 Å². The predicted molar refractivity (Wildman–Crippen MR) is 67.6 cm³/mol. The molecule has 0 unspecified atom stereocenters. The fourth-order valence-electron chi connectivity index (χ4n) is 1.25. The summed E-state index contributed by atoms with van der Waals surface area (Å²) in [4.78, 5) is 19.3. The maximum atomic E-state index is 11.7. The van der Waals surface area contributed by atoms with E-state index in [2.05, 4.69) is 20.4 Å². The van der Waals surface area contributed by atoms with Gasteiger partial charge in [-0.3, -0.25) is 4.79 Å². The Bertz CT molecular complexity index is 662. The fourth-order valence-corrected chi connectivity index (χ4v) is 1.67. The van der Waals surface area contributed by atoms with E-state index in [1.165, 1.54) is 23.3 Å². The summed E-state index contributed by atoms with van der Waals surface area (Å²) in [7, 11) is 0. The largest absolute Gasteiger partial charge is 0.308 e. The molecule has 0 aliphatic carbocycles. The van der Waals surface area contributed by atoms with Crippen LogP contribution in [0.3, 0.4) is 0 Å². The van der Waals surface area contributed by atoms with E-state index >= 15 is 0 Å². The first kappa shape index (κ1) is 13.3. The summed E-state index contributed by atoms with van der Waals surface area (Å²) in [6.07, 6.45) is 2.65. The lowest BCUT2D eigenvalue weighted by molar-refractivity contribution is -0.116. The molecule has 2 aromatic heterocycles. The van der Waals surface area contributed by atoms with E-state index in [0.29, 0.717) is 5.02 Å². The average molecular weight is 297 g/mol. The lowest BCUT2D eigenvalue weighted by Crippen LogP contribution is -2.20. The molecule has 7 nitrogen and oxygen atoms in total. The molecule has 0 aliphatic rings. The number of nitrogens with zero attached hydrogens (tertiary/aromatic N) is 5. The summed E-state index contributed by atoms with van der Waals surface area (Å²) in [6, 6.07) is 3.23. The number of carbonyl (C=O) groups is 1. The third-order valence-electron chi connectivity index (χ3n) is 2.01. The minimum Gasteiger partial charge on any atom is -0.308 e. The highest BCUT2D eigenvalue weighted by Gasteiger charge is 2.09. The first-order valence-electron chi connectivity index (χ1n) is 4.99. The Kier molecular flexibility index (Phi) is 3.94. The molecule has 2 heterocycles. The Balaban J connectivity index is 2.03. The molecular formula is C10H6Cl2N6O. The van der Waals surface area contributed by atoms with Gasteiger partial charge in [0, 0.05) is 6.20 Å². The number of rotatable bonds is 3. The van der Waals surface area contributed by atoms with Gasteiger partial charge in [0.05, 0.1) is 10.0 Å². The molecule has 1 N–H and O–H groups in total. The molecule has 1 amide bonds. The van der Waals surface area contributed by atoms with Crippen LogP contribution in [-0.2, 0) is 11.3 Å². The quantitative estimate of drug-likeness (QED) is 0.925. The van der Waals surface area contributed by atoms with Crippen molar-refractivity contribution in [2.45, 2.75) is 6.54 Å². The van der Waals surface area contributed by atoms with E-state index in [4.69, 9.17) is 28.5 Å². The maximum Gasteiger partial charge on any atom is 0.252 e. The van der Waals surface area contributed by atoms with Gasteiger partial charge in [-0.25, -0.2) is 14.6 Å². The zero-order chi connectivity index (χ0) is 13.8.